The van der Waals surface area contributed by atoms with E-state index in [2.05, 4.69) is 0 Å². The van der Waals surface area contributed by atoms with E-state index in [0.717, 1.165) is 0 Å². The normalized spacial score (nSPS) is 6.55. The Morgan fingerprint density at radius 1 is 0.545 bits per heavy atom. The molecule has 0 saturated heterocycles. The van der Waals surface area contributed by atoms with E-state index >= 15 is 0 Å². The number of hydrogen-bond acceptors (Lipinski definition) is 6. The summed E-state index contributed by atoms with van der Waals surface area (Å²) in [5, 5.41) is 0. The second-order valence-corrected chi connectivity index (χ2v) is 1.61. The maximum Gasteiger partial charge on any atom is 0.324 e. The second-order valence-electron chi connectivity index (χ2n) is 0.537. The fraction of sp³-hybridized carbons (Fsp3) is 0. The predicted octanol–water partition coefficient (Wildman–Crippen LogP) is -0.466. The van der Waals surface area contributed by atoms with E-state index in [0.29, 0.717) is 0 Å². The SMILES string of the molecule is Br.Br.OP(O)O.OP(O)O.[Ni]. The van der Waals surface area contributed by atoms with Gasteiger partial charge in [0.15, 0.2) is 0 Å². The Morgan fingerprint density at radius 3 is 0.545 bits per heavy atom. The monoisotopic (exact) mass is 382 g/mol. The number of rotatable bonds is 0. The molecule has 0 atom stereocenters. The minimum absolute atomic E-state index is 0. The Bertz CT molecular complexity index is 34.1. The summed E-state index contributed by atoms with van der Waals surface area (Å²) in [5.74, 6) is 0. The summed E-state index contributed by atoms with van der Waals surface area (Å²) in [4.78, 5) is 43.4. The van der Waals surface area contributed by atoms with E-state index in [-0.39, 0.29) is 50.5 Å². The fourth-order valence-electron chi connectivity index (χ4n) is 0. The molecule has 0 spiro atoms. The summed E-state index contributed by atoms with van der Waals surface area (Å²) in [6.45, 7) is 0. The van der Waals surface area contributed by atoms with Crippen molar-refractivity contribution in [3.05, 3.63) is 0 Å². The van der Waals surface area contributed by atoms with Gasteiger partial charge in [-0.25, -0.2) is 0 Å². The molecule has 11 heavy (non-hydrogen) atoms. The molecule has 0 bridgehead atoms. The zero-order chi connectivity index (χ0) is 7.15. The van der Waals surface area contributed by atoms with Crippen LogP contribution >= 0.6 is 51.2 Å². The number of halogens is 2. The average Bonchev–Trinajstić information content (AvgIpc) is 1.25. The van der Waals surface area contributed by atoms with Crippen LogP contribution in [-0.4, -0.2) is 29.4 Å². The van der Waals surface area contributed by atoms with Gasteiger partial charge in [0, 0.05) is 16.5 Å². The Labute approximate surface area is 96.7 Å². The third kappa shape index (κ3) is 285. The average molecular weight is 385 g/mol. The van der Waals surface area contributed by atoms with Crippen LogP contribution in [0, 0.1) is 0 Å². The van der Waals surface area contributed by atoms with Gasteiger partial charge < -0.3 is 29.4 Å². The van der Waals surface area contributed by atoms with Crippen molar-refractivity contribution in [2.75, 3.05) is 0 Å². The molecule has 6 nitrogen and oxygen atoms in total. The van der Waals surface area contributed by atoms with E-state index in [9.17, 15) is 0 Å². The minimum atomic E-state index is -2.62. The van der Waals surface area contributed by atoms with E-state index in [4.69, 9.17) is 29.4 Å². The van der Waals surface area contributed by atoms with Gasteiger partial charge in [0.1, 0.15) is 0 Å². The molecule has 0 aromatic carbocycles. The summed E-state index contributed by atoms with van der Waals surface area (Å²) < 4.78 is 0. The van der Waals surface area contributed by atoms with Crippen LogP contribution in [0.2, 0.25) is 0 Å². The van der Waals surface area contributed by atoms with Crippen molar-refractivity contribution < 1.29 is 45.9 Å². The van der Waals surface area contributed by atoms with Crippen molar-refractivity contribution in [2.24, 2.45) is 0 Å². The van der Waals surface area contributed by atoms with Crippen molar-refractivity contribution in [1.82, 2.24) is 0 Å². The van der Waals surface area contributed by atoms with Gasteiger partial charge in [-0.3, -0.25) is 0 Å². The topological polar surface area (TPSA) is 121 Å². The van der Waals surface area contributed by atoms with Gasteiger partial charge in [-0.05, 0) is 0 Å². The van der Waals surface area contributed by atoms with Gasteiger partial charge in [0.05, 0.1) is 0 Å². The van der Waals surface area contributed by atoms with Crippen LogP contribution in [0.15, 0.2) is 0 Å². The Morgan fingerprint density at radius 2 is 0.545 bits per heavy atom. The van der Waals surface area contributed by atoms with Crippen molar-refractivity contribution in [3.8, 4) is 0 Å². The Balaban J connectivity index is -0.0000000171. The van der Waals surface area contributed by atoms with Crippen molar-refractivity contribution >= 4 is 51.2 Å². The fourth-order valence-corrected chi connectivity index (χ4v) is 0. The standard InChI is InChI=1S/2BrH.Ni.2H3O3P/c;;;2*1-4(2)3/h2*1H;;2*1-3H. The Kier molecular flexibility index (Phi) is 60.4. The zero-order valence-corrected chi connectivity index (χ0v) is 10.9. The molecule has 0 aromatic heterocycles. The molecule has 0 aliphatic heterocycles. The van der Waals surface area contributed by atoms with E-state index < -0.39 is 17.2 Å². The van der Waals surface area contributed by atoms with E-state index in [1.165, 1.54) is 0 Å². The van der Waals surface area contributed by atoms with Crippen LogP contribution in [0.25, 0.3) is 0 Å². The smallest absolute Gasteiger partial charge is 0.324 e. The molecule has 6 N–H and O–H groups in total. The molecule has 0 aromatic rings. The maximum absolute atomic E-state index is 7.23. The van der Waals surface area contributed by atoms with Crippen LogP contribution < -0.4 is 0 Å². The molecule has 78 valence electrons. The largest absolute Gasteiger partial charge is 0.328 e. The van der Waals surface area contributed by atoms with Crippen LogP contribution in [0.3, 0.4) is 0 Å². The van der Waals surface area contributed by atoms with E-state index in [1.807, 2.05) is 0 Å². The van der Waals surface area contributed by atoms with Crippen LogP contribution in [0.5, 0.6) is 0 Å². The summed E-state index contributed by atoms with van der Waals surface area (Å²) in [5.41, 5.74) is 0. The van der Waals surface area contributed by atoms with Gasteiger partial charge in [-0.15, -0.1) is 34.0 Å². The summed E-state index contributed by atoms with van der Waals surface area (Å²) in [7, 11) is -5.24. The van der Waals surface area contributed by atoms with Gasteiger partial charge >= 0.3 is 17.2 Å². The maximum atomic E-state index is 7.23. The zero-order valence-electron chi connectivity index (χ0n) is 4.71. The molecule has 0 amide bonds. The molecule has 0 aliphatic carbocycles. The molecule has 0 radical (unpaired) electrons. The van der Waals surface area contributed by atoms with Crippen molar-refractivity contribution in [2.45, 2.75) is 0 Å². The molecule has 0 saturated carbocycles. The molecule has 0 aliphatic rings. The first-order valence-electron chi connectivity index (χ1n) is 1.20. The first-order valence-corrected chi connectivity index (χ1v) is 3.60. The third-order valence-electron chi connectivity index (χ3n) is 0. The minimum Gasteiger partial charge on any atom is -0.328 e. The van der Waals surface area contributed by atoms with Crippen LogP contribution in [0.4, 0.5) is 0 Å². The van der Waals surface area contributed by atoms with Crippen LogP contribution in [-0.2, 0) is 16.5 Å². The van der Waals surface area contributed by atoms with Gasteiger partial charge in [-0.1, -0.05) is 0 Å². The third-order valence-corrected chi connectivity index (χ3v) is 0. The quantitative estimate of drug-likeness (QED) is 0.248. The summed E-state index contributed by atoms with van der Waals surface area (Å²) in [6, 6.07) is 0. The molecular weight excluding hydrogens is 376 g/mol. The predicted molar refractivity (Wildman–Crippen MR) is 47.8 cm³/mol. The van der Waals surface area contributed by atoms with Crippen LogP contribution in [0.1, 0.15) is 0 Å². The first-order chi connectivity index (χ1) is 3.46. The summed E-state index contributed by atoms with van der Waals surface area (Å²) in [6.07, 6.45) is 0. The van der Waals surface area contributed by atoms with Gasteiger partial charge in [-0.2, -0.15) is 0 Å². The molecule has 0 unspecified atom stereocenters. The molecular formula is H8Br2NiO6P2. The molecule has 11 heteroatoms. The summed E-state index contributed by atoms with van der Waals surface area (Å²) >= 11 is 0. The van der Waals surface area contributed by atoms with Gasteiger partial charge in [0.25, 0.3) is 0 Å². The molecule has 0 heterocycles. The van der Waals surface area contributed by atoms with Gasteiger partial charge in [0.2, 0.25) is 0 Å². The second kappa shape index (κ2) is 22.7. The molecule has 0 rings (SSSR count). The Hall–Kier alpha value is 2.07. The van der Waals surface area contributed by atoms with E-state index in [1.54, 1.807) is 0 Å². The van der Waals surface area contributed by atoms with Crippen molar-refractivity contribution in [3.63, 3.8) is 0 Å². The number of hydrogen-bond donors (Lipinski definition) is 6. The van der Waals surface area contributed by atoms with Crippen molar-refractivity contribution in [1.29, 1.82) is 0 Å². The molecule has 0 fully saturated rings. The first kappa shape index (κ1) is 29.2.